The van der Waals surface area contributed by atoms with Gasteiger partial charge in [0, 0.05) is 44.8 Å². The van der Waals surface area contributed by atoms with Crippen LogP contribution in [0.1, 0.15) is 84.0 Å². The van der Waals surface area contributed by atoms with E-state index in [4.69, 9.17) is 4.74 Å². The predicted molar refractivity (Wildman–Crippen MR) is 158 cm³/mol. The van der Waals surface area contributed by atoms with Crippen molar-refractivity contribution in [1.82, 2.24) is 35.7 Å². The maximum absolute atomic E-state index is 13.2. The van der Waals surface area contributed by atoms with Gasteiger partial charge >= 0.3 is 0 Å². The van der Waals surface area contributed by atoms with Crippen LogP contribution in [-0.2, 0) is 40.4 Å². The third-order valence-electron chi connectivity index (χ3n) is 8.68. The second-order valence-corrected chi connectivity index (χ2v) is 12.3. The molecule has 1 aromatic heterocycles. The third kappa shape index (κ3) is 6.37. The van der Waals surface area contributed by atoms with Crippen molar-refractivity contribution in [3.63, 3.8) is 0 Å². The Balaban J connectivity index is 1.24. The molecule has 3 amide bonds. The van der Waals surface area contributed by atoms with Crippen molar-refractivity contribution in [3.05, 3.63) is 76.1 Å². The molecule has 43 heavy (non-hydrogen) atoms. The summed E-state index contributed by atoms with van der Waals surface area (Å²) in [6.45, 7) is 7.60. The summed E-state index contributed by atoms with van der Waals surface area (Å²) in [5, 5.41) is 19.1. The summed E-state index contributed by atoms with van der Waals surface area (Å²) in [6, 6.07) is 13.4. The molecule has 3 aliphatic heterocycles. The third-order valence-corrected chi connectivity index (χ3v) is 8.68. The average molecular weight is 586 g/mol. The number of amides is 3. The van der Waals surface area contributed by atoms with Gasteiger partial charge in [-0.1, -0.05) is 50.2 Å². The van der Waals surface area contributed by atoms with Gasteiger partial charge < -0.3 is 9.64 Å². The van der Waals surface area contributed by atoms with Crippen LogP contribution in [0.25, 0.3) is 0 Å². The number of imide groups is 1. The maximum Gasteiger partial charge on any atom is 0.255 e. The molecule has 2 aromatic carbocycles. The fraction of sp³-hybridized carbons (Fsp3) is 0.500. The fourth-order valence-electron chi connectivity index (χ4n) is 6.46. The predicted octanol–water partition coefficient (Wildman–Crippen LogP) is 2.94. The summed E-state index contributed by atoms with van der Waals surface area (Å²) >= 11 is 0. The highest BCUT2D eigenvalue weighted by molar-refractivity contribution is 6.05. The van der Waals surface area contributed by atoms with Crippen molar-refractivity contribution >= 4 is 17.7 Å². The lowest BCUT2D eigenvalue weighted by Crippen LogP contribution is -2.52. The molecular formula is C32H39N7O4. The van der Waals surface area contributed by atoms with E-state index >= 15 is 0 Å². The number of rotatable bonds is 10. The van der Waals surface area contributed by atoms with Crippen LogP contribution >= 0.6 is 0 Å². The van der Waals surface area contributed by atoms with E-state index in [1.807, 2.05) is 22.9 Å². The molecule has 2 unspecified atom stereocenters. The molecule has 2 fully saturated rings. The molecule has 226 valence electrons. The average Bonchev–Trinajstić information content (AvgIpc) is 3.58. The second-order valence-electron chi connectivity index (χ2n) is 12.3. The first-order valence-corrected chi connectivity index (χ1v) is 15.3. The monoisotopic (exact) mass is 585 g/mol. The summed E-state index contributed by atoms with van der Waals surface area (Å²) in [4.78, 5) is 38.9. The second kappa shape index (κ2) is 12.7. The first-order chi connectivity index (χ1) is 20.9. The molecule has 6 rings (SSSR count). The lowest BCUT2D eigenvalue weighted by Gasteiger charge is -2.29. The van der Waals surface area contributed by atoms with Crippen molar-refractivity contribution in [2.24, 2.45) is 11.8 Å². The number of benzene rings is 2. The summed E-state index contributed by atoms with van der Waals surface area (Å²) in [6.07, 6.45) is 3.50. The molecule has 0 aliphatic carbocycles. The van der Waals surface area contributed by atoms with E-state index in [9.17, 15) is 14.4 Å². The topological polar surface area (TPSA) is 131 Å². The Kier molecular flexibility index (Phi) is 8.62. The number of ether oxygens (including phenoxy) is 1. The SMILES string of the molecule is CC(C)Cc1ccccc1C(NCc1ccc2c(c1)CN(C1CCC(=O)NC1=O)C2=O)c1nnnn1CC1CCOCC1. The molecule has 2 atom stereocenters. The number of nitrogens with zero attached hydrogens (tertiary/aromatic N) is 5. The highest BCUT2D eigenvalue weighted by atomic mass is 16.5. The van der Waals surface area contributed by atoms with Crippen LogP contribution in [0.3, 0.4) is 0 Å². The van der Waals surface area contributed by atoms with E-state index < -0.39 is 11.9 Å². The normalized spacial score (nSPS) is 20.0. The van der Waals surface area contributed by atoms with Crippen molar-refractivity contribution in [2.75, 3.05) is 13.2 Å². The number of fused-ring (bicyclic) bond motifs is 1. The van der Waals surface area contributed by atoms with E-state index in [0.717, 1.165) is 61.5 Å². The zero-order valence-electron chi connectivity index (χ0n) is 24.8. The summed E-state index contributed by atoms with van der Waals surface area (Å²) in [7, 11) is 0. The van der Waals surface area contributed by atoms with Crippen LogP contribution in [0.2, 0.25) is 0 Å². The van der Waals surface area contributed by atoms with Gasteiger partial charge in [-0.25, -0.2) is 4.68 Å². The zero-order valence-corrected chi connectivity index (χ0v) is 24.8. The lowest BCUT2D eigenvalue weighted by atomic mass is 9.93. The molecule has 0 spiro atoms. The number of hydrogen-bond donors (Lipinski definition) is 2. The van der Waals surface area contributed by atoms with Gasteiger partial charge in [0.2, 0.25) is 11.8 Å². The Morgan fingerprint density at radius 1 is 1.07 bits per heavy atom. The summed E-state index contributed by atoms with van der Waals surface area (Å²) in [5.41, 5.74) is 4.92. The Bertz CT molecular complexity index is 1500. The first-order valence-electron chi connectivity index (χ1n) is 15.3. The molecule has 11 nitrogen and oxygen atoms in total. The van der Waals surface area contributed by atoms with Crippen molar-refractivity contribution in [1.29, 1.82) is 0 Å². The molecule has 2 N–H and O–H groups in total. The number of tetrazole rings is 1. The minimum Gasteiger partial charge on any atom is -0.381 e. The minimum absolute atomic E-state index is 0.170. The van der Waals surface area contributed by atoms with Crippen LogP contribution in [0, 0.1) is 11.8 Å². The number of carbonyl (C=O) groups is 3. The summed E-state index contributed by atoms with van der Waals surface area (Å²) in [5.74, 6) is 0.869. The molecule has 11 heteroatoms. The number of carbonyl (C=O) groups excluding carboxylic acids is 3. The number of hydrogen-bond acceptors (Lipinski definition) is 8. The molecule has 3 aliphatic rings. The largest absolute Gasteiger partial charge is 0.381 e. The number of piperidine rings is 1. The van der Waals surface area contributed by atoms with Crippen molar-refractivity contribution in [3.8, 4) is 0 Å². The smallest absolute Gasteiger partial charge is 0.255 e. The molecule has 4 heterocycles. The van der Waals surface area contributed by atoms with Crippen molar-refractivity contribution < 1.29 is 19.1 Å². The Morgan fingerprint density at radius 3 is 2.67 bits per heavy atom. The van der Waals surface area contributed by atoms with E-state index in [0.29, 0.717) is 36.9 Å². The first kappa shape index (κ1) is 29.1. The minimum atomic E-state index is -0.629. The standard InChI is InChI=1S/C32H39N7O4/c1-20(2)15-23-5-3-4-6-25(23)29(30-35-36-37-39(30)18-21-11-13-43-14-12-21)33-17-22-7-8-26-24(16-22)19-38(32(26)42)27-9-10-28(40)34-31(27)41/h3-8,16,20-21,27,29,33H,9-15,17-19H2,1-2H3,(H,34,40,41). The van der Waals surface area contributed by atoms with Crippen LogP contribution in [0.4, 0.5) is 0 Å². The van der Waals surface area contributed by atoms with Gasteiger partial charge in [-0.2, -0.15) is 0 Å². The Morgan fingerprint density at radius 2 is 1.88 bits per heavy atom. The Hall–Kier alpha value is -3.96. The van der Waals surface area contributed by atoms with E-state index in [2.05, 4.69) is 64.3 Å². The van der Waals surface area contributed by atoms with E-state index in [1.54, 1.807) is 4.90 Å². The van der Waals surface area contributed by atoms with Gasteiger partial charge in [-0.3, -0.25) is 25.0 Å². The van der Waals surface area contributed by atoms with Crippen LogP contribution in [-0.4, -0.2) is 62.1 Å². The van der Waals surface area contributed by atoms with Gasteiger partial charge in [-0.05, 0) is 76.3 Å². The summed E-state index contributed by atoms with van der Waals surface area (Å²) < 4.78 is 7.51. The molecule has 3 aromatic rings. The van der Waals surface area contributed by atoms with Gasteiger partial charge in [-0.15, -0.1) is 5.10 Å². The van der Waals surface area contributed by atoms with E-state index in [-0.39, 0.29) is 24.3 Å². The van der Waals surface area contributed by atoms with Crippen LogP contribution < -0.4 is 10.6 Å². The van der Waals surface area contributed by atoms with Crippen LogP contribution in [0.15, 0.2) is 42.5 Å². The molecule has 2 saturated heterocycles. The molecule has 0 radical (unpaired) electrons. The highest BCUT2D eigenvalue weighted by Gasteiger charge is 2.39. The van der Waals surface area contributed by atoms with Gasteiger partial charge in [0.1, 0.15) is 6.04 Å². The molecular weight excluding hydrogens is 546 g/mol. The van der Waals surface area contributed by atoms with Gasteiger partial charge in [0.25, 0.3) is 5.91 Å². The van der Waals surface area contributed by atoms with Crippen molar-refractivity contribution in [2.45, 2.75) is 77.7 Å². The van der Waals surface area contributed by atoms with E-state index in [1.165, 1.54) is 5.56 Å². The quantitative estimate of drug-likeness (QED) is 0.347. The molecule has 0 saturated carbocycles. The highest BCUT2D eigenvalue weighted by Crippen LogP contribution is 2.30. The number of nitrogens with one attached hydrogen (secondary N) is 2. The molecule has 0 bridgehead atoms. The maximum atomic E-state index is 13.2. The fourth-order valence-corrected chi connectivity index (χ4v) is 6.46. The van der Waals surface area contributed by atoms with Crippen LogP contribution in [0.5, 0.6) is 0 Å². The lowest BCUT2D eigenvalue weighted by molar-refractivity contribution is -0.136. The Labute approximate surface area is 251 Å². The number of aromatic nitrogens is 4. The van der Waals surface area contributed by atoms with Gasteiger partial charge in [0.05, 0.1) is 6.04 Å². The van der Waals surface area contributed by atoms with Gasteiger partial charge in [0.15, 0.2) is 5.82 Å². The zero-order chi connectivity index (χ0) is 29.9.